The molecule has 0 aliphatic heterocycles. The van der Waals surface area contributed by atoms with Crippen LogP contribution in [0.3, 0.4) is 0 Å². The summed E-state index contributed by atoms with van der Waals surface area (Å²) in [4.78, 5) is 28.7. The normalized spacial score (nSPS) is 12.2. The lowest BCUT2D eigenvalue weighted by Gasteiger charge is -2.34. The Labute approximate surface area is 236 Å². The van der Waals surface area contributed by atoms with E-state index >= 15 is 0 Å². The van der Waals surface area contributed by atoms with E-state index in [4.69, 9.17) is 11.6 Å². The molecule has 1 N–H and O–H groups in total. The number of carbonyl (C=O) groups excluding carboxylic acids is 2. The number of benzene rings is 3. The molecule has 0 radical (unpaired) electrons. The molecule has 7 nitrogen and oxygen atoms in total. The second-order valence-corrected chi connectivity index (χ2v) is 11.9. The van der Waals surface area contributed by atoms with Crippen LogP contribution in [0, 0.1) is 6.92 Å². The van der Waals surface area contributed by atoms with Gasteiger partial charge in [0.05, 0.1) is 10.6 Å². The third-order valence-electron chi connectivity index (χ3n) is 6.42. The van der Waals surface area contributed by atoms with Crippen molar-refractivity contribution in [2.45, 2.75) is 57.5 Å². The van der Waals surface area contributed by atoms with Crippen LogP contribution in [-0.2, 0) is 26.0 Å². The lowest BCUT2D eigenvalue weighted by Crippen LogP contribution is -2.54. The quantitative estimate of drug-likeness (QED) is 0.324. The Morgan fingerprint density at radius 2 is 1.54 bits per heavy atom. The van der Waals surface area contributed by atoms with Gasteiger partial charge in [0.15, 0.2) is 0 Å². The molecule has 0 aliphatic rings. The fraction of sp³-hybridized carbons (Fsp3) is 0.333. The Morgan fingerprint density at radius 3 is 2.13 bits per heavy atom. The number of carbonyl (C=O) groups is 2. The SMILES string of the molecule is CC[C@H](C(=O)NC(C)C)N(CCc1ccccc1)C(=O)CN(c1cccc(Cl)c1C)S(=O)(=O)c1ccccc1. The molecule has 0 heterocycles. The molecule has 0 saturated carbocycles. The van der Waals surface area contributed by atoms with E-state index in [1.165, 1.54) is 17.0 Å². The fourth-order valence-electron chi connectivity index (χ4n) is 4.38. The van der Waals surface area contributed by atoms with E-state index in [1.807, 2.05) is 51.1 Å². The van der Waals surface area contributed by atoms with Gasteiger partial charge in [-0.2, -0.15) is 0 Å². The highest BCUT2D eigenvalue weighted by atomic mass is 35.5. The third-order valence-corrected chi connectivity index (χ3v) is 8.60. The summed E-state index contributed by atoms with van der Waals surface area (Å²) in [6.07, 6.45) is 0.889. The van der Waals surface area contributed by atoms with E-state index in [0.29, 0.717) is 29.1 Å². The van der Waals surface area contributed by atoms with Gasteiger partial charge in [0, 0.05) is 17.6 Å². The lowest BCUT2D eigenvalue weighted by molar-refractivity contribution is -0.139. The summed E-state index contributed by atoms with van der Waals surface area (Å²) in [6, 6.07) is 21.7. The Balaban J connectivity index is 2.04. The first-order chi connectivity index (χ1) is 18.6. The first-order valence-electron chi connectivity index (χ1n) is 13.0. The second-order valence-electron chi connectivity index (χ2n) is 9.62. The maximum absolute atomic E-state index is 14.0. The molecule has 208 valence electrons. The van der Waals surface area contributed by atoms with Crippen molar-refractivity contribution in [3.63, 3.8) is 0 Å². The van der Waals surface area contributed by atoms with Crippen molar-refractivity contribution in [1.29, 1.82) is 0 Å². The second kappa shape index (κ2) is 13.6. The molecular formula is C30H36ClN3O4S. The van der Waals surface area contributed by atoms with E-state index in [9.17, 15) is 18.0 Å². The van der Waals surface area contributed by atoms with E-state index in [2.05, 4.69) is 5.32 Å². The highest BCUT2D eigenvalue weighted by molar-refractivity contribution is 7.92. The fourth-order valence-corrected chi connectivity index (χ4v) is 6.04. The zero-order valence-corrected chi connectivity index (χ0v) is 24.4. The van der Waals surface area contributed by atoms with Gasteiger partial charge in [0.25, 0.3) is 10.0 Å². The maximum Gasteiger partial charge on any atom is 0.264 e. The van der Waals surface area contributed by atoms with Crippen LogP contribution in [-0.4, -0.2) is 50.3 Å². The van der Waals surface area contributed by atoms with Crippen LogP contribution in [0.15, 0.2) is 83.8 Å². The first kappa shape index (κ1) is 30.2. The molecule has 0 unspecified atom stereocenters. The molecule has 0 bridgehead atoms. The molecule has 0 aromatic heterocycles. The number of hydrogen-bond acceptors (Lipinski definition) is 4. The third kappa shape index (κ3) is 7.61. The Bertz CT molecular complexity index is 1370. The van der Waals surface area contributed by atoms with Crippen LogP contribution in [0.2, 0.25) is 5.02 Å². The van der Waals surface area contributed by atoms with Gasteiger partial charge in [-0.1, -0.05) is 73.1 Å². The van der Waals surface area contributed by atoms with Crippen molar-refractivity contribution >= 4 is 39.1 Å². The standard InChI is InChI=1S/C30H36ClN3O4S/c1-5-27(30(36)32-22(2)3)33(20-19-24-13-8-6-9-14-24)29(35)21-34(28-18-12-17-26(31)23(28)4)39(37,38)25-15-10-7-11-16-25/h6-18,22,27H,5,19-21H2,1-4H3,(H,32,36)/t27-/m1/s1. The molecule has 3 rings (SSSR count). The van der Waals surface area contributed by atoms with Gasteiger partial charge in [-0.15, -0.1) is 0 Å². The lowest BCUT2D eigenvalue weighted by atomic mass is 10.1. The molecule has 2 amide bonds. The van der Waals surface area contributed by atoms with Crippen LogP contribution in [0.5, 0.6) is 0 Å². The number of halogens is 1. The molecule has 0 saturated heterocycles. The van der Waals surface area contributed by atoms with Crippen molar-refractivity contribution in [3.05, 3.63) is 95.0 Å². The number of hydrogen-bond donors (Lipinski definition) is 1. The molecule has 9 heteroatoms. The highest BCUT2D eigenvalue weighted by Gasteiger charge is 2.34. The number of amides is 2. The molecule has 39 heavy (non-hydrogen) atoms. The van der Waals surface area contributed by atoms with Gasteiger partial charge < -0.3 is 10.2 Å². The minimum atomic E-state index is -4.13. The van der Waals surface area contributed by atoms with E-state index in [1.54, 1.807) is 43.3 Å². The summed E-state index contributed by atoms with van der Waals surface area (Å²) in [7, 11) is -4.13. The molecule has 0 fully saturated rings. The topological polar surface area (TPSA) is 86.8 Å². The average molecular weight is 570 g/mol. The van der Waals surface area contributed by atoms with Crippen molar-refractivity contribution in [2.24, 2.45) is 0 Å². The number of sulfonamides is 1. The molecule has 1 atom stereocenters. The van der Waals surface area contributed by atoms with E-state index in [0.717, 1.165) is 9.87 Å². The van der Waals surface area contributed by atoms with Crippen molar-refractivity contribution in [2.75, 3.05) is 17.4 Å². The zero-order valence-electron chi connectivity index (χ0n) is 22.8. The number of rotatable bonds is 12. The predicted molar refractivity (Wildman–Crippen MR) is 156 cm³/mol. The predicted octanol–water partition coefficient (Wildman–Crippen LogP) is 5.22. The van der Waals surface area contributed by atoms with Crippen molar-refractivity contribution in [3.8, 4) is 0 Å². The van der Waals surface area contributed by atoms with Crippen molar-refractivity contribution < 1.29 is 18.0 Å². The number of anilines is 1. The van der Waals surface area contributed by atoms with Crippen LogP contribution in [0.25, 0.3) is 0 Å². The summed E-state index contributed by atoms with van der Waals surface area (Å²) in [5.41, 5.74) is 1.85. The summed E-state index contributed by atoms with van der Waals surface area (Å²) < 4.78 is 28.9. The van der Waals surface area contributed by atoms with Crippen LogP contribution in [0.4, 0.5) is 5.69 Å². The Kier molecular flexibility index (Phi) is 10.5. The van der Waals surface area contributed by atoms with Gasteiger partial charge in [-0.05, 0) is 69.0 Å². The summed E-state index contributed by atoms with van der Waals surface area (Å²) in [5.74, 6) is -0.749. The van der Waals surface area contributed by atoms with E-state index < -0.39 is 28.5 Å². The molecule has 3 aromatic rings. The Morgan fingerprint density at radius 1 is 0.923 bits per heavy atom. The zero-order chi connectivity index (χ0) is 28.6. The molecule has 0 aliphatic carbocycles. The largest absolute Gasteiger partial charge is 0.352 e. The van der Waals surface area contributed by atoms with Gasteiger partial charge in [0.1, 0.15) is 12.6 Å². The highest BCUT2D eigenvalue weighted by Crippen LogP contribution is 2.31. The molecule has 3 aromatic carbocycles. The van der Waals surface area contributed by atoms with Gasteiger partial charge >= 0.3 is 0 Å². The summed E-state index contributed by atoms with van der Waals surface area (Å²) in [6.45, 7) is 7.04. The Hall–Kier alpha value is -3.36. The van der Waals surface area contributed by atoms with Gasteiger partial charge in [-0.3, -0.25) is 13.9 Å². The van der Waals surface area contributed by atoms with Gasteiger partial charge in [0.2, 0.25) is 11.8 Å². The maximum atomic E-state index is 14.0. The van der Waals surface area contributed by atoms with Gasteiger partial charge in [-0.25, -0.2) is 8.42 Å². The smallest absolute Gasteiger partial charge is 0.264 e. The molecular weight excluding hydrogens is 534 g/mol. The van der Waals surface area contributed by atoms with Crippen molar-refractivity contribution in [1.82, 2.24) is 10.2 Å². The van der Waals surface area contributed by atoms with Crippen LogP contribution < -0.4 is 9.62 Å². The number of nitrogens with one attached hydrogen (secondary N) is 1. The van der Waals surface area contributed by atoms with E-state index in [-0.39, 0.29) is 23.4 Å². The molecule has 0 spiro atoms. The minimum absolute atomic E-state index is 0.0533. The van der Waals surface area contributed by atoms with Crippen LogP contribution in [0.1, 0.15) is 38.3 Å². The monoisotopic (exact) mass is 569 g/mol. The van der Waals surface area contributed by atoms with Crippen LogP contribution >= 0.6 is 11.6 Å². The average Bonchev–Trinajstić information content (AvgIpc) is 2.91. The summed E-state index contributed by atoms with van der Waals surface area (Å²) >= 11 is 6.36. The number of nitrogens with zero attached hydrogens (tertiary/aromatic N) is 2. The first-order valence-corrected chi connectivity index (χ1v) is 14.8. The summed E-state index contributed by atoms with van der Waals surface area (Å²) in [5, 5.41) is 3.29. The minimum Gasteiger partial charge on any atom is -0.352 e.